The third kappa shape index (κ3) is 350. The molecule has 0 fully saturated rings. The molecule has 49 radical (unpaired) electrons. The molecule has 0 aliphatic heterocycles. The zero-order valence-corrected chi connectivity index (χ0v) is 167. The summed E-state index contributed by atoms with van der Waals surface area (Å²) >= 11 is 0. The Kier molecular flexibility index (Phi) is 2670. The second-order valence-corrected chi connectivity index (χ2v) is 0. The van der Waals surface area contributed by atoms with E-state index in [-0.39, 0.29) is 1600 Å². The predicted octanol–water partition coefficient (Wildman–Crippen LogP) is -0.123. The first kappa shape index (κ1) is 367. The Morgan fingerprint density at radius 3 is 0.0204 bits per heavy atom. The summed E-state index contributed by atoms with van der Waals surface area (Å²) in [6, 6.07) is 0. The molecule has 0 amide bonds. The molecule has 49 heavy (non-hydrogen) atoms. The quantitative estimate of drug-likeness (QED) is 0.318. The van der Waals surface area contributed by atoms with Gasteiger partial charge in [-0.25, -0.2) is 0 Å². The van der Waals surface area contributed by atoms with Crippen LogP contribution < -0.4 is 0 Å². The maximum Gasteiger partial charge on any atom is 0 e. The van der Waals surface area contributed by atoms with Gasteiger partial charge in [-0.2, -0.15) is 0 Å². The van der Waals surface area contributed by atoms with Crippen LogP contribution in [0.2, 0.25) is 0 Å². The van der Waals surface area contributed by atoms with E-state index in [1.54, 1.807) is 0 Å². The van der Waals surface area contributed by atoms with Gasteiger partial charge in [-0.1, -0.05) is 0 Å². The van der Waals surface area contributed by atoms with Crippen LogP contribution in [0, 0.1) is 0 Å². The Hall–Kier alpha value is 54.1. The van der Waals surface area contributed by atoms with Crippen molar-refractivity contribution in [1.82, 2.24) is 0 Å². The van der Waals surface area contributed by atoms with E-state index in [0.717, 1.165) is 0 Å². The van der Waals surface area contributed by atoms with Gasteiger partial charge in [0.1, 0.15) is 0 Å². The van der Waals surface area contributed by atoms with Gasteiger partial charge in [-0.05, 0) is 0 Å². The predicted molar refractivity (Wildman–Crippen MR) is 0 cm³/mol. The fourth-order valence-corrected chi connectivity index (χ4v) is 0. The molecule has 0 saturated carbocycles. The molecule has 0 aliphatic rings. The second-order valence-electron chi connectivity index (χ2n) is 0. The first-order valence-corrected chi connectivity index (χ1v) is 0. The molecule has 0 atom stereocenters. The Bertz CT molecular complexity index is 0. The summed E-state index contributed by atoms with van der Waals surface area (Å²) in [6.45, 7) is 0. The van der Waals surface area contributed by atoms with E-state index < -0.39 is 0 Å². The van der Waals surface area contributed by atoms with Gasteiger partial charge in [0.15, 0.2) is 0 Å². The summed E-state index contributed by atoms with van der Waals surface area (Å²) in [5.41, 5.74) is 0. The van der Waals surface area contributed by atoms with E-state index >= 15 is 0 Å². The van der Waals surface area contributed by atoms with Gasteiger partial charge in [-0.3, -0.25) is 0 Å². The monoisotopic (exact) mass is 4360 g/mol. The van der Waals surface area contributed by atoms with Crippen molar-refractivity contribution in [1.29, 1.82) is 0 Å². The number of hydrogen-bond acceptors (Lipinski definition) is 0. The molecular formula is Y49. The number of hydrogen-bond donors (Lipinski definition) is 0. The van der Waals surface area contributed by atoms with Gasteiger partial charge < -0.3 is 0 Å². The molecule has 0 aromatic carbocycles. The molecule has 0 bridgehead atoms. The maximum absolute atomic E-state index is 0. The molecule has 0 aromatic rings. The van der Waals surface area contributed by atoms with Crippen LogP contribution in [0.1, 0.15) is 0 Å². The van der Waals surface area contributed by atoms with E-state index in [1.807, 2.05) is 0 Å². The summed E-state index contributed by atoms with van der Waals surface area (Å²) in [5, 5.41) is 0. The molecule has 0 aromatic heterocycles. The average molecular weight is 4360 g/mol. The van der Waals surface area contributed by atoms with Crippen LogP contribution in [0.25, 0.3) is 0 Å². The molecule has 49 heteroatoms. The molecule has 0 saturated heterocycles. The van der Waals surface area contributed by atoms with Crippen molar-refractivity contribution in [3.05, 3.63) is 0 Å². The summed E-state index contributed by atoms with van der Waals surface area (Å²) in [5.74, 6) is 0. The van der Waals surface area contributed by atoms with Crippen LogP contribution in [0.15, 0.2) is 0 Å². The van der Waals surface area contributed by atoms with E-state index in [1.165, 1.54) is 0 Å². The summed E-state index contributed by atoms with van der Waals surface area (Å²) in [4.78, 5) is 0. The van der Waals surface area contributed by atoms with Crippen molar-refractivity contribution in [2.45, 2.75) is 0 Å². The van der Waals surface area contributed by atoms with Gasteiger partial charge >= 0.3 is 0 Å². The molecule has 0 spiro atoms. The van der Waals surface area contributed by atoms with Crippen molar-refractivity contribution in [3.63, 3.8) is 0 Å². The molecule has 147 valence electrons. The molecule has 0 N–H and O–H groups in total. The molecule has 0 aliphatic carbocycles. The Labute approximate surface area is 1540 Å². The molecular weight excluding hydrogens is 4360 g/mol. The Morgan fingerprint density at radius 2 is 0.0204 bits per heavy atom. The van der Waals surface area contributed by atoms with Crippen LogP contribution in [0.4, 0.5) is 0 Å². The van der Waals surface area contributed by atoms with Crippen LogP contribution in [0.3, 0.4) is 0 Å². The van der Waals surface area contributed by atoms with Crippen molar-refractivity contribution in [3.8, 4) is 0 Å². The first-order chi connectivity index (χ1) is 0. The van der Waals surface area contributed by atoms with Crippen molar-refractivity contribution < 1.29 is 1600 Å². The van der Waals surface area contributed by atoms with Gasteiger partial charge in [0, 0.05) is 1600 Å². The Balaban J connectivity index is 0. The van der Waals surface area contributed by atoms with Crippen molar-refractivity contribution >= 4 is 0 Å². The zero-order chi connectivity index (χ0) is 0. The molecule has 0 heterocycles. The first-order valence-electron chi connectivity index (χ1n) is 0. The van der Waals surface area contributed by atoms with E-state index in [2.05, 4.69) is 0 Å². The molecule has 0 unspecified atom stereocenters. The van der Waals surface area contributed by atoms with Gasteiger partial charge in [0.05, 0.1) is 0 Å². The third-order valence-electron chi connectivity index (χ3n) is 0. The smallest absolute Gasteiger partial charge is 0 e. The van der Waals surface area contributed by atoms with Gasteiger partial charge in [0.2, 0.25) is 0 Å². The van der Waals surface area contributed by atoms with E-state index in [0.29, 0.717) is 0 Å². The molecule has 0 nitrogen and oxygen atoms in total. The van der Waals surface area contributed by atoms with Gasteiger partial charge in [0.25, 0.3) is 0 Å². The van der Waals surface area contributed by atoms with Crippen LogP contribution in [-0.2, 0) is 1600 Å². The second kappa shape index (κ2) is 357. The Morgan fingerprint density at radius 1 is 0.0204 bits per heavy atom. The summed E-state index contributed by atoms with van der Waals surface area (Å²) in [6.07, 6.45) is 0. The van der Waals surface area contributed by atoms with Crippen molar-refractivity contribution in [2.75, 3.05) is 0 Å². The third-order valence-corrected chi connectivity index (χ3v) is 0. The fourth-order valence-electron chi connectivity index (χ4n) is 0. The zero-order valence-electron chi connectivity index (χ0n) is 28.3. The standard InChI is InChI=1S/49Y. The molecule has 0 rings (SSSR count). The van der Waals surface area contributed by atoms with Crippen molar-refractivity contribution in [2.24, 2.45) is 0 Å². The minimum atomic E-state index is 0. The van der Waals surface area contributed by atoms with Gasteiger partial charge in [-0.15, -0.1) is 0 Å². The largest absolute Gasteiger partial charge is 0 e. The van der Waals surface area contributed by atoms with Crippen LogP contribution in [-0.4, -0.2) is 0 Å². The minimum absolute atomic E-state index is 0. The van der Waals surface area contributed by atoms with Crippen LogP contribution in [0.5, 0.6) is 0 Å². The summed E-state index contributed by atoms with van der Waals surface area (Å²) in [7, 11) is 0. The summed E-state index contributed by atoms with van der Waals surface area (Å²) < 4.78 is 0. The average Bonchev–Trinajstić information content (AvgIpc) is 0. The van der Waals surface area contributed by atoms with E-state index in [9.17, 15) is 0 Å². The topological polar surface area (TPSA) is 0 Å². The van der Waals surface area contributed by atoms with E-state index in [4.69, 9.17) is 0 Å². The number of rotatable bonds is 0. The maximum atomic E-state index is 0. The SMILES string of the molecule is [Y].[Y].[Y].[Y].[Y].[Y].[Y].[Y].[Y].[Y].[Y].[Y].[Y].[Y].[Y].[Y].[Y].[Y].[Y].[Y].[Y].[Y].[Y].[Y].[Y].[Y].[Y].[Y].[Y].[Y].[Y].[Y].[Y].[Y].[Y].[Y].[Y].[Y].[Y].[Y].[Y].[Y].[Y].[Y].[Y].[Y].[Y].[Y].[Y]. The fraction of sp³-hybridized carbons (Fsp3) is 0. The minimum Gasteiger partial charge on any atom is 0 e. The van der Waals surface area contributed by atoms with Crippen LogP contribution >= 0.6 is 0 Å². The normalized spacial score (nSPS) is 0.